The topological polar surface area (TPSA) is 97.6 Å². The first-order valence-corrected chi connectivity index (χ1v) is 14.3. The SMILES string of the molecule is Cc1cc2c(cc1CN(CC1CCCC(CN=C(N)N)C1)C(=O)c1ccc(Cl)nc1)C(C)(C)CCC2(C)C. The molecule has 1 amide bonds. The molecule has 2 unspecified atom stereocenters. The van der Waals surface area contributed by atoms with Gasteiger partial charge in [0.05, 0.1) is 5.56 Å². The van der Waals surface area contributed by atoms with Gasteiger partial charge in [-0.25, -0.2) is 4.98 Å². The fourth-order valence-electron chi connectivity index (χ4n) is 6.33. The van der Waals surface area contributed by atoms with Crippen LogP contribution in [0.2, 0.25) is 5.15 Å². The maximum atomic E-state index is 13.8. The Balaban J connectivity index is 1.64. The van der Waals surface area contributed by atoms with Crippen molar-refractivity contribution < 1.29 is 4.79 Å². The third-order valence-corrected chi connectivity index (χ3v) is 9.06. The fraction of sp³-hybridized carbons (Fsp3) is 0.581. The quantitative estimate of drug-likeness (QED) is 0.253. The van der Waals surface area contributed by atoms with Crippen LogP contribution in [0.5, 0.6) is 0 Å². The van der Waals surface area contributed by atoms with Gasteiger partial charge in [-0.3, -0.25) is 9.79 Å². The van der Waals surface area contributed by atoms with Crippen LogP contribution in [0.4, 0.5) is 0 Å². The number of hydrogen-bond acceptors (Lipinski definition) is 3. The van der Waals surface area contributed by atoms with Crippen molar-refractivity contribution in [2.75, 3.05) is 13.1 Å². The summed E-state index contributed by atoms with van der Waals surface area (Å²) in [5.41, 5.74) is 17.3. The van der Waals surface area contributed by atoms with Crippen LogP contribution in [-0.2, 0) is 17.4 Å². The van der Waals surface area contributed by atoms with Crippen LogP contribution >= 0.6 is 11.6 Å². The molecule has 2 atom stereocenters. The molecule has 1 heterocycles. The first-order chi connectivity index (χ1) is 17.9. The molecular weight excluding hydrogens is 494 g/mol. The molecule has 0 radical (unpaired) electrons. The highest BCUT2D eigenvalue weighted by atomic mass is 35.5. The minimum atomic E-state index is -0.00257. The zero-order chi connectivity index (χ0) is 27.7. The Morgan fingerprint density at radius 1 is 1.08 bits per heavy atom. The second kappa shape index (κ2) is 11.3. The van der Waals surface area contributed by atoms with Crippen LogP contribution in [0, 0.1) is 18.8 Å². The van der Waals surface area contributed by atoms with Crippen LogP contribution in [0.25, 0.3) is 0 Å². The summed E-state index contributed by atoms with van der Waals surface area (Å²) in [5, 5.41) is 0.387. The van der Waals surface area contributed by atoms with Gasteiger partial charge in [-0.1, -0.05) is 57.8 Å². The summed E-state index contributed by atoms with van der Waals surface area (Å²) in [7, 11) is 0. The van der Waals surface area contributed by atoms with E-state index in [9.17, 15) is 4.79 Å². The molecule has 0 bridgehead atoms. The van der Waals surface area contributed by atoms with Gasteiger partial charge in [0.2, 0.25) is 0 Å². The van der Waals surface area contributed by atoms with E-state index in [0.717, 1.165) is 32.1 Å². The Labute approximate surface area is 233 Å². The van der Waals surface area contributed by atoms with Gasteiger partial charge in [-0.2, -0.15) is 0 Å². The van der Waals surface area contributed by atoms with Crippen molar-refractivity contribution in [2.45, 2.75) is 90.5 Å². The van der Waals surface area contributed by atoms with Gasteiger partial charge in [-0.05, 0) is 96.1 Å². The van der Waals surface area contributed by atoms with Gasteiger partial charge in [0.25, 0.3) is 5.91 Å². The number of amides is 1. The maximum Gasteiger partial charge on any atom is 0.255 e. The largest absolute Gasteiger partial charge is 0.370 e. The minimum Gasteiger partial charge on any atom is -0.370 e. The molecule has 2 aromatic rings. The number of nitrogens with zero attached hydrogens (tertiary/aromatic N) is 3. The first kappa shape index (κ1) is 28.4. The lowest BCUT2D eigenvalue weighted by Gasteiger charge is -2.42. The van der Waals surface area contributed by atoms with E-state index in [1.54, 1.807) is 18.3 Å². The van der Waals surface area contributed by atoms with Crippen molar-refractivity contribution >= 4 is 23.5 Å². The van der Waals surface area contributed by atoms with E-state index in [4.69, 9.17) is 23.1 Å². The molecule has 38 heavy (non-hydrogen) atoms. The van der Waals surface area contributed by atoms with Crippen molar-refractivity contribution in [3.05, 3.63) is 63.4 Å². The summed E-state index contributed by atoms with van der Waals surface area (Å²) in [6.07, 6.45) is 8.30. The van der Waals surface area contributed by atoms with Crippen molar-refractivity contribution in [3.63, 3.8) is 0 Å². The van der Waals surface area contributed by atoms with Crippen LogP contribution < -0.4 is 11.5 Å². The number of aromatic nitrogens is 1. The molecule has 2 aliphatic carbocycles. The minimum absolute atomic E-state index is 0.00257. The number of aryl methyl sites for hydroxylation is 1. The molecule has 7 heteroatoms. The molecular formula is C31H44ClN5O. The summed E-state index contributed by atoms with van der Waals surface area (Å²) in [5.74, 6) is 0.990. The summed E-state index contributed by atoms with van der Waals surface area (Å²) >= 11 is 6.02. The van der Waals surface area contributed by atoms with Crippen molar-refractivity contribution in [1.29, 1.82) is 0 Å². The van der Waals surface area contributed by atoms with Gasteiger partial charge in [0.1, 0.15) is 5.15 Å². The Morgan fingerprint density at radius 2 is 1.74 bits per heavy atom. The molecule has 0 saturated heterocycles. The number of carbonyl (C=O) groups is 1. The van der Waals surface area contributed by atoms with Crippen LogP contribution in [-0.4, -0.2) is 34.8 Å². The van der Waals surface area contributed by atoms with Gasteiger partial charge >= 0.3 is 0 Å². The van der Waals surface area contributed by atoms with E-state index in [0.29, 0.717) is 42.2 Å². The van der Waals surface area contributed by atoms with Gasteiger partial charge in [0, 0.05) is 25.8 Å². The van der Waals surface area contributed by atoms with Crippen LogP contribution in [0.1, 0.15) is 98.8 Å². The third kappa shape index (κ3) is 6.51. The zero-order valence-corrected chi connectivity index (χ0v) is 24.4. The van der Waals surface area contributed by atoms with E-state index in [-0.39, 0.29) is 22.7 Å². The standard InChI is InChI=1S/C31H44ClN5O/c1-20-13-25-26(31(4,5)12-11-30(25,2)3)15-24(20)19-37(28(38)23-9-10-27(32)35-17-23)18-22-8-6-7-21(14-22)16-36-29(33)34/h9-10,13,15,17,21-22H,6-8,11-12,14,16,18-19H2,1-5H3,(H4,33,34,36). The Morgan fingerprint density at radius 3 is 2.37 bits per heavy atom. The van der Waals surface area contributed by atoms with E-state index >= 15 is 0 Å². The molecule has 206 valence electrons. The smallest absolute Gasteiger partial charge is 0.255 e. The van der Waals surface area contributed by atoms with Gasteiger partial charge in [0.15, 0.2) is 5.96 Å². The van der Waals surface area contributed by atoms with E-state index in [1.807, 2.05) is 4.90 Å². The number of halogens is 1. The number of rotatable bonds is 7. The van der Waals surface area contributed by atoms with Crippen molar-refractivity contribution in [1.82, 2.24) is 9.88 Å². The summed E-state index contributed by atoms with van der Waals surface area (Å²) in [6.45, 7) is 13.5. The van der Waals surface area contributed by atoms with E-state index in [1.165, 1.54) is 28.7 Å². The lowest BCUT2D eigenvalue weighted by Crippen LogP contribution is -2.38. The number of carbonyl (C=O) groups excluding carboxylic acids is 1. The second-order valence-corrected chi connectivity index (χ2v) is 13.2. The van der Waals surface area contributed by atoms with E-state index in [2.05, 4.69) is 56.7 Å². The average Bonchev–Trinajstić information content (AvgIpc) is 2.86. The number of benzene rings is 1. The number of hydrogen-bond donors (Lipinski definition) is 2. The normalized spacial score (nSPS) is 21.8. The molecule has 1 fully saturated rings. The molecule has 1 aromatic heterocycles. The average molecular weight is 538 g/mol. The number of pyridine rings is 1. The molecule has 2 aliphatic rings. The molecule has 4 rings (SSSR count). The Kier molecular flexibility index (Phi) is 8.41. The number of nitrogens with two attached hydrogens (primary N) is 2. The summed E-state index contributed by atoms with van der Waals surface area (Å²) in [6, 6.07) is 8.23. The Bertz CT molecular complexity index is 1180. The molecule has 4 N–H and O–H groups in total. The van der Waals surface area contributed by atoms with Gasteiger partial charge < -0.3 is 16.4 Å². The highest BCUT2D eigenvalue weighted by Gasteiger charge is 2.37. The van der Waals surface area contributed by atoms with Crippen LogP contribution in [0.15, 0.2) is 35.5 Å². The molecule has 0 spiro atoms. The summed E-state index contributed by atoms with van der Waals surface area (Å²) in [4.78, 5) is 24.3. The predicted octanol–water partition coefficient (Wildman–Crippen LogP) is 6.11. The molecule has 0 aliphatic heterocycles. The number of aliphatic imine (C=N–C) groups is 1. The Hall–Kier alpha value is -2.60. The lowest BCUT2D eigenvalue weighted by molar-refractivity contribution is 0.0686. The highest BCUT2D eigenvalue weighted by Crippen LogP contribution is 2.46. The number of guanidine groups is 1. The molecule has 1 saturated carbocycles. The fourth-order valence-corrected chi connectivity index (χ4v) is 6.44. The summed E-state index contributed by atoms with van der Waals surface area (Å²) < 4.78 is 0. The highest BCUT2D eigenvalue weighted by molar-refractivity contribution is 6.29. The maximum absolute atomic E-state index is 13.8. The first-order valence-electron chi connectivity index (χ1n) is 14.0. The van der Waals surface area contributed by atoms with Gasteiger partial charge in [-0.15, -0.1) is 0 Å². The second-order valence-electron chi connectivity index (χ2n) is 12.8. The van der Waals surface area contributed by atoms with E-state index < -0.39 is 0 Å². The monoisotopic (exact) mass is 537 g/mol. The lowest BCUT2D eigenvalue weighted by atomic mass is 9.62. The predicted molar refractivity (Wildman–Crippen MR) is 157 cm³/mol. The molecule has 6 nitrogen and oxygen atoms in total. The van der Waals surface area contributed by atoms with Crippen molar-refractivity contribution in [2.24, 2.45) is 28.3 Å². The van der Waals surface area contributed by atoms with Crippen LogP contribution in [0.3, 0.4) is 0 Å². The van der Waals surface area contributed by atoms with Crippen molar-refractivity contribution in [3.8, 4) is 0 Å². The molecule has 1 aromatic carbocycles. The number of fused-ring (bicyclic) bond motifs is 1. The third-order valence-electron chi connectivity index (χ3n) is 8.83. The zero-order valence-electron chi connectivity index (χ0n) is 23.7.